The molecule has 132 valence electrons. The van der Waals surface area contributed by atoms with E-state index in [1.54, 1.807) is 0 Å². The molecule has 0 unspecified atom stereocenters. The molecular weight excluding hydrogens is 349 g/mol. The number of hydrogen-bond acceptors (Lipinski definition) is 4. The van der Waals surface area contributed by atoms with Gasteiger partial charge in [0.15, 0.2) is 0 Å². The van der Waals surface area contributed by atoms with Crippen molar-refractivity contribution in [2.45, 2.75) is 32.4 Å². The third-order valence-electron chi connectivity index (χ3n) is 4.69. The van der Waals surface area contributed by atoms with Crippen molar-refractivity contribution in [3.8, 4) is 0 Å². The minimum atomic E-state index is -1.06. The van der Waals surface area contributed by atoms with Crippen LogP contribution in [0.25, 0.3) is 0 Å². The van der Waals surface area contributed by atoms with Gasteiger partial charge < -0.3 is 4.74 Å². The highest BCUT2D eigenvalue weighted by molar-refractivity contribution is 6.31. The molecule has 25 heavy (non-hydrogen) atoms. The first-order chi connectivity index (χ1) is 11.9. The standard InChI is InChI=1S/C18H17ClFNO4/c1-10(18(24)25-9-13-14(19)7-4-8-15(13)20)21-16(22)11-5-2-3-6-12(11)17(21)23/h2-4,7-8,10-12H,5-6,9H2,1H3/t10-,11-,12+/m0/s1. The van der Waals surface area contributed by atoms with Crippen molar-refractivity contribution in [1.29, 1.82) is 0 Å². The van der Waals surface area contributed by atoms with E-state index in [0.717, 1.165) is 4.90 Å². The number of carbonyl (C=O) groups excluding carboxylic acids is 3. The van der Waals surface area contributed by atoms with Gasteiger partial charge in [0.2, 0.25) is 11.8 Å². The van der Waals surface area contributed by atoms with Crippen molar-refractivity contribution < 1.29 is 23.5 Å². The van der Waals surface area contributed by atoms with E-state index in [1.807, 2.05) is 12.2 Å². The summed E-state index contributed by atoms with van der Waals surface area (Å²) in [6.45, 7) is 1.07. The van der Waals surface area contributed by atoms with E-state index in [2.05, 4.69) is 0 Å². The lowest BCUT2D eigenvalue weighted by Crippen LogP contribution is -2.44. The molecule has 1 aliphatic carbocycles. The van der Waals surface area contributed by atoms with Crippen molar-refractivity contribution in [2.75, 3.05) is 0 Å². The molecule has 7 heteroatoms. The average Bonchev–Trinajstić information content (AvgIpc) is 2.85. The first-order valence-electron chi connectivity index (χ1n) is 8.03. The van der Waals surface area contributed by atoms with Crippen LogP contribution in [0.3, 0.4) is 0 Å². The summed E-state index contributed by atoms with van der Waals surface area (Å²) in [7, 11) is 0. The van der Waals surface area contributed by atoms with Crippen molar-refractivity contribution >= 4 is 29.4 Å². The number of likely N-dealkylation sites (tertiary alicyclic amines) is 1. The van der Waals surface area contributed by atoms with E-state index in [4.69, 9.17) is 16.3 Å². The Labute approximate surface area is 149 Å². The van der Waals surface area contributed by atoms with Crippen LogP contribution in [0, 0.1) is 17.7 Å². The Kier molecular flexibility index (Phi) is 4.90. The van der Waals surface area contributed by atoms with E-state index in [1.165, 1.54) is 25.1 Å². The predicted molar refractivity (Wildman–Crippen MR) is 87.9 cm³/mol. The second-order valence-electron chi connectivity index (χ2n) is 6.19. The third-order valence-corrected chi connectivity index (χ3v) is 5.04. The second kappa shape index (κ2) is 6.96. The molecule has 0 bridgehead atoms. The first kappa shape index (κ1) is 17.6. The smallest absolute Gasteiger partial charge is 0.329 e. The molecule has 1 heterocycles. The Morgan fingerprint density at radius 2 is 1.88 bits per heavy atom. The fraction of sp³-hybridized carbons (Fsp3) is 0.389. The number of hydrogen-bond donors (Lipinski definition) is 0. The van der Waals surface area contributed by atoms with Crippen LogP contribution >= 0.6 is 11.6 Å². The SMILES string of the molecule is C[C@@H](C(=O)OCc1c(F)cccc1Cl)N1C(=O)[C@H]2CC=CC[C@H]2C1=O. The summed E-state index contributed by atoms with van der Waals surface area (Å²) in [5.74, 6) is -2.88. The zero-order valence-electron chi connectivity index (χ0n) is 13.6. The summed E-state index contributed by atoms with van der Waals surface area (Å²) in [6.07, 6.45) is 4.74. The number of nitrogens with zero attached hydrogens (tertiary/aromatic N) is 1. The molecule has 5 nitrogen and oxygen atoms in total. The number of rotatable bonds is 4. The number of halogens is 2. The zero-order valence-corrected chi connectivity index (χ0v) is 14.3. The second-order valence-corrected chi connectivity index (χ2v) is 6.59. The van der Waals surface area contributed by atoms with Gasteiger partial charge in [0.1, 0.15) is 18.5 Å². The highest BCUT2D eigenvalue weighted by Gasteiger charge is 2.50. The number of imide groups is 1. The number of ether oxygens (including phenoxy) is 1. The molecule has 2 aliphatic rings. The summed E-state index contributed by atoms with van der Waals surface area (Å²) in [6, 6.07) is 3.09. The van der Waals surface area contributed by atoms with Crippen LogP contribution in [0.5, 0.6) is 0 Å². The molecule has 2 amide bonds. The number of esters is 1. The van der Waals surface area contributed by atoms with Crippen LogP contribution < -0.4 is 0 Å². The molecule has 1 aliphatic heterocycles. The molecule has 0 radical (unpaired) electrons. The maximum Gasteiger partial charge on any atom is 0.329 e. The quantitative estimate of drug-likeness (QED) is 0.467. The third kappa shape index (κ3) is 3.18. The minimum Gasteiger partial charge on any atom is -0.459 e. The Hall–Kier alpha value is -2.21. The van der Waals surface area contributed by atoms with E-state index < -0.39 is 29.7 Å². The molecule has 1 fully saturated rings. The van der Waals surface area contributed by atoms with Crippen LogP contribution in [0.4, 0.5) is 4.39 Å². The van der Waals surface area contributed by atoms with Crippen LogP contribution in [0.2, 0.25) is 5.02 Å². The largest absolute Gasteiger partial charge is 0.459 e. The van der Waals surface area contributed by atoms with Gasteiger partial charge in [-0.05, 0) is 31.9 Å². The van der Waals surface area contributed by atoms with E-state index in [0.29, 0.717) is 12.8 Å². The molecule has 0 aromatic heterocycles. The van der Waals surface area contributed by atoms with Gasteiger partial charge >= 0.3 is 5.97 Å². The van der Waals surface area contributed by atoms with E-state index in [-0.39, 0.29) is 29.0 Å². The summed E-state index contributed by atoms with van der Waals surface area (Å²) in [5, 5.41) is 0.144. The van der Waals surface area contributed by atoms with Crippen molar-refractivity contribution in [3.05, 3.63) is 46.8 Å². The Morgan fingerprint density at radius 3 is 2.44 bits per heavy atom. The summed E-state index contributed by atoms with van der Waals surface area (Å²) < 4.78 is 18.8. The van der Waals surface area contributed by atoms with Crippen LogP contribution in [-0.2, 0) is 25.7 Å². The van der Waals surface area contributed by atoms with Gasteiger partial charge in [0.05, 0.1) is 16.9 Å². The van der Waals surface area contributed by atoms with Gasteiger partial charge in [-0.1, -0.05) is 29.8 Å². The average molecular weight is 366 g/mol. The summed E-state index contributed by atoms with van der Waals surface area (Å²) in [4.78, 5) is 38.2. The first-order valence-corrected chi connectivity index (χ1v) is 8.41. The van der Waals surface area contributed by atoms with E-state index in [9.17, 15) is 18.8 Å². The van der Waals surface area contributed by atoms with Crippen molar-refractivity contribution in [3.63, 3.8) is 0 Å². The Bertz CT molecular complexity index is 717. The summed E-state index contributed by atoms with van der Waals surface area (Å²) >= 11 is 5.89. The predicted octanol–water partition coefficient (Wildman–Crippen LogP) is 2.86. The molecule has 0 saturated carbocycles. The molecule has 3 atom stereocenters. The highest BCUT2D eigenvalue weighted by Crippen LogP contribution is 2.36. The molecule has 1 aromatic rings. The molecule has 3 rings (SSSR count). The topological polar surface area (TPSA) is 63.7 Å². The maximum atomic E-state index is 13.7. The van der Waals surface area contributed by atoms with Gasteiger partial charge in [-0.25, -0.2) is 9.18 Å². The van der Waals surface area contributed by atoms with Gasteiger partial charge in [0.25, 0.3) is 0 Å². The monoisotopic (exact) mass is 365 g/mol. The van der Waals surface area contributed by atoms with Crippen molar-refractivity contribution in [2.24, 2.45) is 11.8 Å². The van der Waals surface area contributed by atoms with Gasteiger partial charge in [-0.15, -0.1) is 0 Å². The Morgan fingerprint density at radius 1 is 1.28 bits per heavy atom. The minimum absolute atomic E-state index is 0.0571. The van der Waals surface area contributed by atoms with Gasteiger partial charge in [-0.2, -0.15) is 0 Å². The molecule has 1 aromatic carbocycles. The normalized spacial score (nSPS) is 23.6. The maximum absolute atomic E-state index is 13.7. The van der Waals surface area contributed by atoms with Gasteiger partial charge in [-0.3, -0.25) is 14.5 Å². The molecule has 0 N–H and O–H groups in total. The molecular formula is C18H17ClFNO4. The fourth-order valence-corrected chi connectivity index (χ4v) is 3.46. The van der Waals surface area contributed by atoms with Crippen LogP contribution in [0.1, 0.15) is 25.3 Å². The number of amides is 2. The number of fused-ring (bicyclic) bond motifs is 1. The van der Waals surface area contributed by atoms with Crippen molar-refractivity contribution in [1.82, 2.24) is 4.90 Å². The lowest BCUT2D eigenvalue weighted by molar-refractivity contribution is -0.159. The zero-order chi connectivity index (χ0) is 18.1. The number of benzene rings is 1. The highest BCUT2D eigenvalue weighted by atomic mass is 35.5. The molecule has 1 saturated heterocycles. The lowest BCUT2D eigenvalue weighted by atomic mass is 9.85. The fourth-order valence-electron chi connectivity index (χ4n) is 3.25. The number of carbonyl (C=O) groups is 3. The van der Waals surface area contributed by atoms with Crippen LogP contribution in [0.15, 0.2) is 30.4 Å². The van der Waals surface area contributed by atoms with Crippen LogP contribution in [-0.4, -0.2) is 28.7 Å². The van der Waals surface area contributed by atoms with E-state index >= 15 is 0 Å². The molecule has 0 spiro atoms. The lowest BCUT2D eigenvalue weighted by Gasteiger charge is -2.21. The summed E-state index contributed by atoms with van der Waals surface area (Å²) in [5.41, 5.74) is 0.0571. The Balaban J connectivity index is 1.68. The number of allylic oxidation sites excluding steroid dienone is 2. The van der Waals surface area contributed by atoms with Gasteiger partial charge in [0, 0.05) is 5.56 Å².